The van der Waals surface area contributed by atoms with Gasteiger partial charge in [-0.15, -0.1) is 0 Å². The van der Waals surface area contributed by atoms with Gasteiger partial charge in [-0.1, -0.05) is 23.7 Å². The molecule has 0 aliphatic heterocycles. The number of nitrogens with zero attached hydrogens (tertiary/aromatic N) is 4. The fourth-order valence-electron chi connectivity index (χ4n) is 3.34. The number of rotatable bonds is 7. The van der Waals surface area contributed by atoms with Gasteiger partial charge in [-0.2, -0.15) is 9.36 Å². The molecule has 30 heavy (non-hydrogen) atoms. The van der Waals surface area contributed by atoms with Crippen LogP contribution in [0.4, 0.5) is 5.69 Å². The van der Waals surface area contributed by atoms with Crippen LogP contribution in [0.15, 0.2) is 41.4 Å². The normalized spacial score (nSPS) is 14.8. The second kappa shape index (κ2) is 8.36. The first kappa shape index (κ1) is 20.8. The summed E-state index contributed by atoms with van der Waals surface area (Å²) < 4.78 is 10.7. The number of benzene rings is 2. The van der Waals surface area contributed by atoms with Crippen molar-refractivity contribution in [2.24, 2.45) is 4.99 Å². The van der Waals surface area contributed by atoms with E-state index in [1.165, 1.54) is 17.1 Å². The lowest BCUT2D eigenvalue weighted by Crippen LogP contribution is -2.14. The van der Waals surface area contributed by atoms with Crippen molar-refractivity contribution >= 4 is 35.2 Å². The summed E-state index contributed by atoms with van der Waals surface area (Å²) in [4.78, 5) is 11.3. The first-order chi connectivity index (χ1) is 14.4. The second-order valence-corrected chi connectivity index (χ2v) is 8.95. The molecule has 1 aliphatic carbocycles. The molecule has 4 rings (SSSR count). The highest BCUT2D eigenvalue weighted by molar-refractivity contribution is 7.07. The van der Waals surface area contributed by atoms with Gasteiger partial charge in [0.15, 0.2) is 5.82 Å². The Morgan fingerprint density at radius 2 is 1.93 bits per heavy atom. The summed E-state index contributed by atoms with van der Waals surface area (Å²) in [6.07, 6.45) is 3.94. The van der Waals surface area contributed by atoms with Crippen molar-refractivity contribution in [1.82, 2.24) is 14.3 Å². The maximum Gasteiger partial charge on any atom is 0.298 e. The Morgan fingerprint density at radius 1 is 1.20 bits per heavy atom. The molecule has 0 atom stereocenters. The molecule has 1 heterocycles. The number of aromatic nitrogens is 2. The Labute approximate surface area is 186 Å². The molecule has 3 aromatic rings. The maximum atomic E-state index is 6.11. The lowest BCUT2D eigenvalue weighted by molar-refractivity contribution is 0.472. The highest BCUT2D eigenvalue weighted by Crippen LogP contribution is 2.53. The molecule has 156 valence electrons. The molecule has 1 saturated carbocycles. The van der Waals surface area contributed by atoms with E-state index in [4.69, 9.17) is 21.3 Å². The van der Waals surface area contributed by atoms with E-state index in [1.54, 1.807) is 0 Å². The van der Waals surface area contributed by atoms with Crippen LogP contribution < -0.4 is 4.74 Å². The molecule has 0 N–H and O–H groups in total. The van der Waals surface area contributed by atoms with Crippen molar-refractivity contribution in [2.75, 3.05) is 13.6 Å². The first-order valence-corrected chi connectivity index (χ1v) is 11.2. The number of hydrogen-bond donors (Lipinski definition) is 0. The van der Waals surface area contributed by atoms with Crippen LogP contribution in [0.3, 0.4) is 0 Å². The van der Waals surface area contributed by atoms with Crippen molar-refractivity contribution in [1.29, 1.82) is 0 Å². The summed E-state index contributed by atoms with van der Waals surface area (Å²) in [7, 11) is 2.01. The van der Waals surface area contributed by atoms with Crippen LogP contribution in [0.25, 0.3) is 0 Å². The zero-order valence-electron chi connectivity index (χ0n) is 17.6. The molecular weight excluding hydrogens is 416 g/mol. The molecular formula is C23H25ClN4OS. The molecule has 1 aromatic heterocycles. The first-order valence-electron chi connectivity index (χ1n) is 10.0. The number of aryl methyl sites for hydroxylation is 2. The molecule has 7 heteroatoms. The van der Waals surface area contributed by atoms with E-state index in [0.717, 1.165) is 52.8 Å². The number of ether oxygens (including phenoxy) is 1. The van der Waals surface area contributed by atoms with Gasteiger partial charge in [0.1, 0.15) is 5.75 Å². The Morgan fingerprint density at radius 3 is 2.60 bits per heavy atom. The third-order valence-electron chi connectivity index (χ3n) is 5.57. The molecule has 1 aliphatic rings. The molecule has 2 aromatic carbocycles. The molecule has 5 nitrogen and oxygen atoms in total. The highest BCUT2D eigenvalue weighted by Gasteiger charge is 2.49. The highest BCUT2D eigenvalue weighted by atomic mass is 35.5. The van der Waals surface area contributed by atoms with Crippen LogP contribution in [0.5, 0.6) is 10.9 Å². The molecule has 0 bridgehead atoms. The standard InChI is InChI=1S/C23H25ClN4OS/c1-5-28(4)14-25-19-12-16(3)20(13-15(19)2)29-22-26-21(27-30-22)23(10-11-23)17-6-8-18(24)9-7-17/h6-9,12-14H,5,10-11H2,1-4H3/b25-14+. The summed E-state index contributed by atoms with van der Waals surface area (Å²) >= 11 is 7.34. The minimum Gasteiger partial charge on any atom is -0.430 e. The van der Waals surface area contributed by atoms with E-state index in [2.05, 4.69) is 28.4 Å². The van der Waals surface area contributed by atoms with E-state index in [9.17, 15) is 0 Å². The monoisotopic (exact) mass is 440 g/mol. The molecule has 0 unspecified atom stereocenters. The van der Waals surface area contributed by atoms with Crippen LogP contribution >= 0.6 is 23.1 Å². The van der Waals surface area contributed by atoms with Gasteiger partial charge in [-0.3, -0.25) is 0 Å². The minimum atomic E-state index is -0.0997. The SMILES string of the molecule is CCN(C)/C=N/c1cc(C)c(Oc2nc(C3(c4ccc(Cl)cc4)CC3)ns2)cc1C. The predicted molar refractivity (Wildman–Crippen MR) is 124 cm³/mol. The summed E-state index contributed by atoms with van der Waals surface area (Å²) in [5.74, 6) is 1.62. The van der Waals surface area contributed by atoms with E-state index >= 15 is 0 Å². The lowest BCUT2D eigenvalue weighted by atomic mass is 9.95. The Hall–Kier alpha value is -2.44. The van der Waals surface area contributed by atoms with Gasteiger partial charge in [-0.05, 0) is 74.6 Å². The van der Waals surface area contributed by atoms with E-state index in [1.807, 2.05) is 56.4 Å². The van der Waals surface area contributed by atoms with Gasteiger partial charge < -0.3 is 9.64 Å². The van der Waals surface area contributed by atoms with Gasteiger partial charge in [0.25, 0.3) is 5.19 Å². The van der Waals surface area contributed by atoms with E-state index in [-0.39, 0.29) is 5.41 Å². The smallest absolute Gasteiger partial charge is 0.298 e. The number of halogens is 1. The molecule has 1 fully saturated rings. The van der Waals surface area contributed by atoms with Gasteiger partial charge in [0, 0.05) is 30.1 Å². The van der Waals surface area contributed by atoms with Crippen LogP contribution in [0, 0.1) is 13.8 Å². The molecule has 0 radical (unpaired) electrons. The summed E-state index contributed by atoms with van der Waals surface area (Å²) in [6.45, 7) is 7.07. The van der Waals surface area contributed by atoms with Crippen LogP contribution in [-0.4, -0.2) is 34.2 Å². The van der Waals surface area contributed by atoms with Crippen molar-refractivity contribution < 1.29 is 4.74 Å². The Bertz CT molecular complexity index is 1070. The topological polar surface area (TPSA) is 50.6 Å². The summed E-state index contributed by atoms with van der Waals surface area (Å²) in [5, 5.41) is 1.31. The van der Waals surface area contributed by atoms with Gasteiger partial charge in [0.05, 0.1) is 17.4 Å². The predicted octanol–water partition coefficient (Wildman–Crippen LogP) is 6.29. The zero-order chi connectivity index (χ0) is 21.3. The van der Waals surface area contributed by atoms with Crippen LogP contribution in [-0.2, 0) is 5.41 Å². The van der Waals surface area contributed by atoms with Crippen molar-refractivity contribution in [2.45, 2.75) is 39.0 Å². The fourth-order valence-corrected chi connectivity index (χ4v) is 4.10. The van der Waals surface area contributed by atoms with Crippen LogP contribution in [0.1, 0.15) is 42.3 Å². The number of hydrogen-bond acceptors (Lipinski definition) is 5. The van der Waals surface area contributed by atoms with Crippen LogP contribution in [0.2, 0.25) is 5.02 Å². The number of aliphatic imine (C=N–C) groups is 1. The van der Waals surface area contributed by atoms with Crippen molar-refractivity contribution in [3.63, 3.8) is 0 Å². The Balaban J connectivity index is 1.53. The minimum absolute atomic E-state index is 0.0997. The zero-order valence-corrected chi connectivity index (χ0v) is 19.2. The third-order valence-corrected chi connectivity index (χ3v) is 6.41. The fraction of sp³-hybridized carbons (Fsp3) is 0.348. The van der Waals surface area contributed by atoms with Crippen molar-refractivity contribution in [3.05, 3.63) is 63.9 Å². The molecule has 0 saturated heterocycles. The third kappa shape index (κ3) is 4.20. The van der Waals surface area contributed by atoms with Crippen molar-refractivity contribution in [3.8, 4) is 10.9 Å². The summed E-state index contributed by atoms with van der Waals surface area (Å²) in [6, 6.07) is 12.0. The molecule has 0 spiro atoms. The quantitative estimate of drug-likeness (QED) is 0.320. The van der Waals surface area contributed by atoms with Gasteiger partial charge in [0.2, 0.25) is 0 Å². The van der Waals surface area contributed by atoms with Gasteiger partial charge in [-0.25, -0.2) is 4.99 Å². The average molecular weight is 441 g/mol. The largest absolute Gasteiger partial charge is 0.430 e. The average Bonchev–Trinajstić information content (AvgIpc) is 3.41. The Kier molecular flexibility index (Phi) is 5.80. The van der Waals surface area contributed by atoms with E-state index < -0.39 is 0 Å². The maximum absolute atomic E-state index is 6.11. The van der Waals surface area contributed by atoms with E-state index in [0.29, 0.717) is 5.19 Å². The van der Waals surface area contributed by atoms with Gasteiger partial charge >= 0.3 is 0 Å². The summed E-state index contributed by atoms with van der Waals surface area (Å²) in [5.41, 5.74) is 4.13. The second-order valence-electron chi connectivity index (χ2n) is 7.80. The lowest BCUT2D eigenvalue weighted by Gasteiger charge is -2.12. The molecule has 0 amide bonds.